The average Bonchev–Trinajstić information content (AvgIpc) is 2.27. The average molecular weight is 259 g/mol. The fourth-order valence-corrected chi connectivity index (χ4v) is 2.33. The second-order valence-electron chi connectivity index (χ2n) is 4.72. The van der Waals surface area contributed by atoms with E-state index in [-0.39, 0.29) is 11.8 Å². The van der Waals surface area contributed by atoms with Gasteiger partial charge in [0.2, 0.25) is 0 Å². The van der Waals surface area contributed by atoms with Crippen molar-refractivity contribution in [1.82, 2.24) is 5.32 Å². The summed E-state index contributed by atoms with van der Waals surface area (Å²) in [5.41, 5.74) is 0.585. The molecule has 1 fully saturated rings. The molecule has 2 atom stereocenters. The van der Waals surface area contributed by atoms with Crippen LogP contribution in [0.4, 0.5) is 13.2 Å². The molecular weight excluding hydrogens is 243 g/mol. The molecule has 0 aromatic heterocycles. The molecule has 0 aliphatic carbocycles. The van der Waals surface area contributed by atoms with E-state index in [1.807, 2.05) is 0 Å². The van der Waals surface area contributed by atoms with Crippen molar-refractivity contribution in [3.05, 3.63) is 29.8 Å². The third-order valence-electron chi connectivity index (χ3n) is 3.19. The van der Waals surface area contributed by atoms with E-state index in [9.17, 15) is 13.2 Å². The van der Waals surface area contributed by atoms with Gasteiger partial charge in [0, 0.05) is 11.6 Å². The predicted octanol–water partition coefficient (Wildman–Crippen LogP) is 3.65. The van der Waals surface area contributed by atoms with E-state index in [0.717, 1.165) is 19.4 Å². The summed E-state index contributed by atoms with van der Waals surface area (Å²) >= 11 is 0. The van der Waals surface area contributed by atoms with E-state index >= 15 is 0 Å². The van der Waals surface area contributed by atoms with Crippen LogP contribution < -0.4 is 10.1 Å². The van der Waals surface area contributed by atoms with Crippen molar-refractivity contribution in [3.63, 3.8) is 0 Å². The van der Waals surface area contributed by atoms with Gasteiger partial charge in [-0.2, -0.15) is 0 Å². The number of benzene rings is 1. The lowest BCUT2D eigenvalue weighted by Gasteiger charge is -2.29. The molecule has 2 nitrogen and oxygen atoms in total. The number of hydrogen-bond acceptors (Lipinski definition) is 2. The molecule has 1 aromatic rings. The normalized spacial score (nSPS) is 24.9. The van der Waals surface area contributed by atoms with E-state index in [2.05, 4.69) is 17.0 Å². The number of ether oxygens (including phenoxy) is 1. The van der Waals surface area contributed by atoms with Crippen molar-refractivity contribution in [2.24, 2.45) is 5.92 Å². The summed E-state index contributed by atoms with van der Waals surface area (Å²) < 4.78 is 41.0. The molecule has 100 valence electrons. The lowest BCUT2D eigenvalue weighted by atomic mass is 9.90. The van der Waals surface area contributed by atoms with Gasteiger partial charge in [0.1, 0.15) is 5.75 Å². The molecule has 1 aromatic carbocycles. The lowest BCUT2D eigenvalue weighted by molar-refractivity contribution is -0.275. The summed E-state index contributed by atoms with van der Waals surface area (Å²) in [5, 5.41) is 3.24. The molecule has 2 rings (SSSR count). The van der Waals surface area contributed by atoms with Crippen molar-refractivity contribution in [2.45, 2.75) is 32.2 Å². The summed E-state index contributed by atoms with van der Waals surface area (Å²) in [4.78, 5) is 0. The van der Waals surface area contributed by atoms with Crippen LogP contribution in [0, 0.1) is 5.92 Å². The van der Waals surface area contributed by atoms with Gasteiger partial charge in [-0.1, -0.05) is 25.1 Å². The van der Waals surface area contributed by atoms with Gasteiger partial charge in [-0.25, -0.2) is 0 Å². The fraction of sp³-hybridized carbons (Fsp3) is 0.538. The van der Waals surface area contributed by atoms with Crippen LogP contribution in [-0.4, -0.2) is 12.9 Å². The van der Waals surface area contributed by atoms with Crippen LogP contribution in [0.3, 0.4) is 0 Å². The highest BCUT2D eigenvalue weighted by Gasteiger charge is 2.33. The van der Waals surface area contributed by atoms with Crippen molar-refractivity contribution in [2.75, 3.05) is 6.54 Å². The Kier molecular flexibility index (Phi) is 3.80. The zero-order chi connectivity index (χ0) is 13.2. The highest BCUT2D eigenvalue weighted by atomic mass is 19.4. The number of nitrogens with one attached hydrogen (secondary N) is 1. The van der Waals surface area contributed by atoms with Crippen molar-refractivity contribution < 1.29 is 17.9 Å². The minimum Gasteiger partial charge on any atom is -0.405 e. The first kappa shape index (κ1) is 13.2. The fourth-order valence-electron chi connectivity index (χ4n) is 2.33. The Morgan fingerprint density at radius 3 is 2.67 bits per heavy atom. The smallest absolute Gasteiger partial charge is 0.405 e. The number of hydrogen-bond donors (Lipinski definition) is 1. The van der Waals surface area contributed by atoms with Crippen LogP contribution in [0.1, 0.15) is 31.4 Å². The molecule has 1 aliphatic rings. The third-order valence-corrected chi connectivity index (χ3v) is 3.19. The maximum Gasteiger partial charge on any atom is 0.573 e. The molecule has 0 radical (unpaired) electrons. The van der Waals surface area contributed by atoms with Crippen LogP contribution in [0.5, 0.6) is 5.75 Å². The van der Waals surface area contributed by atoms with Gasteiger partial charge in [0.25, 0.3) is 0 Å². The van der Waals surface area contributed by atoms with Crippen LogP contribution >= 0.6 is 0 Å². The predicted molar refractivity (Wildman–Crippen MR) is 62.3 cm³/mol. The van der Waals surface area contributed by atoms with E-state index in [1.54, 1.807) is 18.2 Å². The molecule has 2 unspecified atom stereocenters. The SMILES string of the molecule is CC1CCNC(c2ccccc2OC(F)(F)F)C1. The molecule has 0 bridgehead atoms. The molecule has 5 heteroatoms. The van der Waals surface area contributed by atoms with Crippen LogP contribution in [0.15, 0.2) is 24.3 Å². The summed E-state index contributed by atoms with van der Waals surface area (Å²) in [7, 11) is 0. The molecule has 1 saturated heterocycles. The second kappa shape index (κ2) is 5.18. The van der Waals surface area contributed by atoms with Gasteiger partial charge < -0.3 is 10.1 Å². The van der Waals surface area contributed by atoms with Crippen molar-refractivity contribution in [3.8, 4) is 5.75 Å². The maximum atomic E-state index is 12.3. The van der Waals surface area contributed by atoms with Gasteiger partial charge in [0.05, 0.1) is 0 Å². The van der Waals surface area contributed by atoms with E-state index in [4.69, 9.17) is 0 Å². The first-order valence-electron chi connectivity index (χ1n) is 6.04. The first-order chi connectivity index (χ1) is 8.46. The maximum absolute atomic E-state index is 12.3. The Bertz CT molecular complexity index is 405. The lowest BCUT2D eigenvalue weighted by Crippen LogP contribution is -2.31. The number of piperidine rings is 1. The molecule has 0 saturated carbocycles. The van der Waals surface area contributed by atoms with Crippen molar-refractivity contribution >= 4 is 0 Å². The third kappa shape index (κ3) is 3.38. The van der Waals surface area contributed by atoms with Gasteiger partial charge in [-0.15, -0.1) is 13.2 Å². The number of alkyl halides is 3. The van der Waals surface area contributed by atoms with Gasteiger partial charge in [0.15, 0.2) is 0 Å². The van der Waals surface area contributed by atoms with Crippen LogP contribution in [0.2, 0.25) is 0 Å². The highest BCUT2D eigenvalue weighted by Crippen LogP contribution is 2.34. The summed E-state index contributed by atoms with van der Waals surface area (Å²) in [5.74, 6) is 0.409. The van der Waals surface area contributed by atoms with E-state index < -0.39 is 6.36 Å². The Hall–Kier alpha value is -1.23. The molecule has 1 aliphatic heterocycles. The minimum atomic E-state index is -4.64. The number of rotatable bonds is 2. The first-order valence-corrected chi connectivity index (χ1v) is 6.04. The molecule has 18 heavy (non-hydrogen) atoms. The minimum absolute atomic E-state index is 0.0627. The van der Waals surface area contributed by atoms with Crippen molar-refractivity contribution in [1.29, 1.82) is 0 Å². The van der Waals surface area contributed by atoms with Gasteiger partial charge >= 0.3 is 6.36 Å². The number of para-hydroxylation sites is 1. The Balaban J connectivity index is 2.21. The topological polar surface area (TPSA) is 21.3 Å². The summed E-state index contributed by atoms with van der Waals surface area (Å²) in [6.07, 6.45) is -2.76. The Morgan fingerprint density at radius 2 is 2.00 bits per heavy atom. The quantitative estimate of drug-likeness (QED) is 0.875. The van der Waals surface area contributed by atoms with E-state index in [1.165, 1.54) is 6.07 Å². The van der Waals surface area contributed by atoms with Crippen LogP contribution in [0.25, 0.3) is 0 Å². The number of halogens is 3. The van der Waals surface area contributed by atoms with E-state index in [0.29, 0.717) is 11.5 Å². The van der Waals surface area contributed by atoms with Gasteiger partial charge in [-0.3, -0.25) is 0 Å². The molecule has 0 spiro atoms. The Morgan fingerprint density at radius 1 is 1.28 bits per heavy atom. The zero-order valence-electron chi connectivity index (χ0n) is 10.1. The second-order valence-corrected chi connectivity index (χ2v) is 4.72. The molecular formula is C13H16F3NO. The molecule has 0 amide bonds. The molecule has 1 heterocycles. The molecule has 1 N–H and O–H groups in total. The summed E-state index contributed by atoms with van der Waals surface area (Å²) in [6, 6.07) is 6.28. The summed E-state index contributed by atoms with van der Waals surface area (Å²) in [6.45, 7) is 2.94. The standard InChI is InChI=1S/C13H16F3NO/c1-9-6-7-17-11(8-9)10-4-2-3-5-12(10)18-13(14,15)16/h2-5,9,11,17H,6-8H2,1H3. The monoisotopic (exact) mass is 259 g/mol. The zero-order valence-corrected chi connectivity index (χ0v) is 10.1. The Labute approximate surface area is 104 Å². The highest BCUT2D eigenvalue weighted by molar-refractivity contribution is 5.36. The van der Waals surface area contributed by atoms with Crippen LogP contribution in [-0.2, 0) is 0 Å². The van der Waals surface area contributed by atoms with Gasteiger partial charge in [-0.05, 0) is 31.4 Å². The largest absolute Gasteiger partial charge is 0.573 e.